The van der Waals surface area contributed by atoms with Crippen molar-refractivity contribution in [1.29, 1.82) is 0 Å². The van der Waals surface area contributed by atoms with Gasteiger partial charge in [0.15, 0.2) is 6.29 Å². The Morgan fingerprint density at radius 2 is 2.30 bits per heavy atom. The molecule has 58 valence electrons. The van der Waals surface area contributed by atoms with Crippen LogP contribution in [0.2, 0.25) is 0 Å². The van der Waals surface area contributed by atoms with Crippen molar-refractivity contribution in [3.8, 4) is 0 Å². The highest BCUT2D eigenvalue weighted by Gasteiger charge is 2.38. The second-order valence-electron chi connectivity index (χ2n) is 2.62. The van der Waals surface area contributed by atoms with Crippen LogP contribution in [0.1, 0.15) is 0 Å². The molecule has 2 aliphatic rings. The zero-order valence-electron chi connectivity index (χ0n) is 5.62. The van der Waals surface area contributed by atoms with E-state index in [9.17, 15) is 0 Å². The first-order chi connectivity index (χ1) is 4.90. The number of hydrogen-bond donors (Lipinski definition) is 2. The smallest absolute Gasteiger partial charge is 0.171 e. The molecule has 0 amide bonds. The van der Waals surface area contributed by atoms with Crippen molar-refractivity contribution in [3.05, 3.63) is 0 Å². The van der Waals surface area contributed by atoms with Gasteiger partial charge in [0, 0.05) is 13.1 Å². The summed E-state index contributed by atoms with van der Waals surface area (Å²) in [6.45, 7) is 1.59. The van der Waals surface area contributed by atoms with E-state index in [0.717, 1.165) is 13.1 Å². The van der Waals surface area contributed by atoms with E-state index in [1.807, 2.05) is 0 Å². The molecule has 2 bridgehead atoms. The summed E-state index contributed by atoms with van der Waals surface area (Å²) in [7, 11) is 0. The lowest BCUT2D eigenvalue weighted by molar-refractivity contribution is -0.0791. The van der Waals surface area contributed by atoms with Gasteiger partial charge in [0.2, 0.25) is 0 Å². The number of aliphatic hydroxyl groups is 1. The first-order valence-corrected chi connectivity index (χ1v) is 3.52. The van der Waals surface area contributed by atoms with Gasteiger partial charge in [-0.15, -0.1) is 0 Å². The molecule has 0 aromatic rings. The molecule has 0 saturated carbocycles. The predicted octanol–water partition coefficient (Wildman–Crippen LogP) is -1.31. The SMILES string of the molecule is OC[C@@H]1O[C@@H]2CNC[C@@H]1O2. The number of aliphatic hydroxyl groups excluding tert-OH is 1. The number of rotatable bonds is 1. The Balaban J connectivity index is 2.01. The lowest BCUT2D eigenvalue weighted by Gasteiger charge is -2.18. The monoisotopic (exact) mass is 145 g/mol. The first kappa shape index (κ1) is 6.54. The molecule has 0 aliphatic carbocycles. The topological polar surface area (TPSA) is 50.7 Å². The van der Waals surface area contributed by atoms with Crippen LogP contribution < -0.4 is 5.32 Å². The van der Waals surface area contributed by atoms with Gasteiger partial charge in [-0.3, -0.25) is 0 Å². The van der Waals surface area contributed by atoms with E-state index in [2.05, 4.69) is 5.32 Å². The summed E-state index contributed by atoms with van der Waals surface area (Å²) in [5, 5.41) is 11.9. The van der Waals surface area contributed by atoms with Crippen molar-refractivity contribution in [1.82, 2.24) is 5.32 Å². The van der Waals surface area contributed by atoms with E-state index >= 15 is 0 Å². The Morgan fingerprint density at radius 1 is 1.40 bits per heavy atom. The molecule has 2 N–H and O–H groups in total. The third kappa shape index (κ3) is 0.932. The van der Waals surface area contributed by atoms with Crippen LogP contribution in [0.4, 0.5) is 0 Å². The number of fused-ring (bicyclic) bond motifs is 2. The molecule has 0 aromatic carbocycles. The molecule has 4 heteroatoms. The van der Waals surface area contributed by atoms with Crippen molar-refractivity contribution in [2.45, 2.75) is 18.5 Å². The molecular weight excluding hydrogens is 134 g/mol. The molecule has 0 aromatic heterocycles. The van der Waals surface area contributed by atoms with Gasteiger partial charge in [-0.05, 0) is 0 Å². The molecule has 0 spiro atoms. The summed E-state index contributed by atoms with van der Waals surface area (Å²) >= 11 is 0. The van der Waals surface area contributed by atoms with Crippen molar-refractivity contribution in [2.75, 3.05) is 19.7 Å². The van der Waals surface area contributed by atoms with Gasteiger partial charge in [0.05, 0.1) is 6.61 Å². The largest absolute Gasteiger partial charge is 0.394 e. The second-order valence-corrected chi connectivity index (χ2v) is 2.62. The van der Waals surface area contributed by atoms with Crippen molar-refractivity contribution in [2.24, 2.45) is 0 Å². The maximum absolute atomic E-state index is 8.78. The van der Waals surface area contributed by atoms with E-state index in [0.29, 0.717) is 0 Å². The van der Waals surface area contributed by atoms with Crippen LogP contribution in [0.25, 0.3) is 0 Å². The molecule has 0 radical (unpaired) electrons. The van der Waals surface area contributed by atoms with Gasteiger partial charge < -0.3 is 19.9 Å². The fourth-order valence-corrected chi connectivity index (χ4v) is 1.38. The number of hydrogen-bond acceptors (Lipinski definition) is 4. The quantitative estimate of drug-likeness (QED) is 0.481. The van der Waals surface area contributed by atoms with Gasteiger partial charge in [0.1, 0.15) is 12.2 Å². The Morgan fingerprint density at radius 3 is 3.00 bits per heavy atom. The van der Waals surface area contributed by atoms with E-state index in [1.165, 1.54) is 0 Å². The van der Waals surface area contributed by atoms with E-state index in [1.54, 1.807) is 0 Å². The summed E-state index contributed by atoms with van der Waals surface area (Å²) < 4.78 is 10.7. The van der Waals surface area contributed by atoms with Crippen LogP contribution in [-0.2, 0) is 9.47 Å². The fraction of sp³-hybridized carbons (Fsp3) is 1.00. The lowest BCUT2D eigenvalue weighted by atomic mass is 10.2. The normalized spacial score (nSPS) is 45.9. The maximum Gasteiger partial charge on any atom is 0.171 e. The first-order valence-electron chi connectivity index (χ1n) is 3.52. The minimum Gasteiger partial charge on any atom is -0.394 e. The number of nitrogens with one attached hydrogen (secondary N) is 1. The fourth-order valence-electron chi connectivity index (χ4n) is 1.38. The molecule has 2 heterocycles. The number of morpholine rings is 1. The van der Waals surface area contributed by atoms with Gasteiger partial charge in [-0.1, -0.05) is 0 Å². The van der Waals surface area contributed by atoms with Gasteiger partial charge >= 0.3 is 0 Å². The lowest BCUT2D eigenvalue weighted by Crippen LogP contribution is -2.41. The molecule has 10 heavy (non-hydrogen) atoms. The number of ether oxygens (including phenoxy) is 2. The van der Waals surface area contributed by atoms with Crippen LogP contribution >= 0.6 is 0 Å². The third-order valence-electron chi connectivity index (χ3n) is 1.90. The molecule has 2 aliphatic heterocycles. The van der Waals surface area contributed by atoms with Crippen LogP contribution in [0.5, 0.6) is 0 Å². The van der Waals surface area contributed by atoms with Crippen LogP contribution in [0, 0.1) is 0 Å². The average molecular weight is 145 g/mol. The Kier molecular flexibility index (Phi) is 1.61. The predicted molar refractivity (Wildman–Crippen MR) is 33.5 cm³/mol. The van der Waals surface area contributed by atoms with E-state index in [4.69, 9.17) is 14.6 Å². The third-order valence-corrected chi connectivity index (χ3v) is 1.90. The highest BCUT2D eigenvalue weighted by Crippen LogP contribution is 2.20. The molecule has 3 atom stereocenters. The summed E-state index contributed by atoms with van der Waals surface area (Å²) in [5.41, 5.74) is 0. The van der Waals surface area contributed by atoms with Gasteiger partial charge in [-0.2, -0.15) is 0 Å². The molecule has 2 fully saturated rings. The Bertz CT molecular complexity index is 130. The van der Waals surface area contributed by atoms with Crippen molar-refractivity contribution < 1.29 is 14.6 Å². The standard InChI is InChI=1S/C6H11NO3/c8-3-5-4-1-7-2-6(9-4)10-5/h4-8H,1-3H2/t4-,5-,6+/m0/s1. The summed E-state index contributed by atoms with van der Waals surface area (Å²) in [5.74, 6) is 0. The maximum atomic E-state index is 8.78. The minimum atomic E-state index is -0.129. The minimum absolute atomic E-state index is 0.0584. The highest BCUT2D eigenvalue weighted by atomic mass is 16.7. The van der Waals surface area contributed by atoms with Crippen molar-refractivity contribution in [3.63, 3.8) is 0 Å². The van der Waals surface area contributed by atoms with Crippen molar-refractivity contribution >= 4 is 0 Å². The Hall–Kier alpha value is -0.160. The molecule has 0 unspecified atom stereocenters. The summed E-state index contributed by atoms with van der Waals surface area (Å²) in [6, 6.07) is 0. The molecule has 2 saturated heterocycles. The summed E-state index contributed by atoms with van der Waals surface area (Å²) in [6.07, 6.45) is -0.181. The highest BCUT2D eigenvalue weighted by molar-refractivity contribution is 4.83. The molecular formula is C6H11NO3. The average Bonchev–Trinajstić information content (AvgIpc) is 2.26. The van der Waals surface area contributed by atoms with Gasteiger partial charge in [-0.25, -0.2) is 0 Å². The van der Waals surface area contributed by atoms with E-state index in [-0.39, 0.29) is 25.1 Å². The summed E-state index contributed by atoms with van der Waals surface area (Å²) in [4.78, 5) is 0. The molecule has 4 nitrogen and oxygen atoms in total. The second kappa shape index (κ2) is 2.47. The van der Waals surface area contributed by atoms with E-state index < -0.39 is 0 Å². The van der Waals surface area contributed by atoms with Crippen LogP contribution in [-0.4, -0.2) is 43.3 Å². The van der Waals surface area contributed by atoms with Crippen LogP contribution in [0.15, 0.2) is 0 Å². The zero-order chi connectivity index (χ0) is 6.97. The van der Waals surface area contributed by atoms with Gasteiger partial charge in [0.25, 0.3) is 0 Å². The van der Waals surface area contributed by atoms with Crippen LogP contribution in [0.3, 0.4) is 0 Å². The molecule has 2 rings (SSSR count). The zero-order valence-corrected chi connectivity index (χ0v) is 5.62. The Labute approximate surface area is 59.1 Å².